The van der Waals surface area contributed by atoms with Crippen molar-refractivity contribution in [2.75, 3.05) is 5.32 Å². The number of nitrogens with zero attached hydrogens (tertiary/aromatic N) is 1. The van der Waals surface area contributed by atoms with Gasteiger partial charge in [-0.25, -0.2) is 4.98 Å². The van der Waals surface area contributed by atoms with Gasteiger partial charge in [-0.2, -0.15) is 0 Å². The molecule has 3 aromatic rings. The maximum absolute atomic E-state index is 12.2. The monoisotopic (exact) mass is 370 g/mol. The zero-order valence-corrected chi connectivity index (χ0v) is 13.5. The van der Waals surface area contributed by atoms with Gasteiger partial charge in [0, 0.05) is 11.8 Å². The summed E-state index contributed by atoms with van der Waals surface area (Å²) < 4.78 is 40.5. The van der Waals surface area contributed by atoms with E-state index in [-0.39, 0.29) is 5.69 Å². The molecular weight excluding hydrogens is 361 g/mol. The van der Waals surface area contributed by atoms with Gasteiger partial charge in [0.15, 0.2) is 0 Å². The highest BCUT2D eigenvalue weighted by molar-refractivity contribution is 7.22. The van der Waals surface area contributed by atoms with E-state index >= 15 is 0 Å². The number of aromatic nitrogens is 1. The summed E-state index contributed by atoms with van der Waals surface area (Å²) in [6.07, 6.45) is -3.35. The molecule has 2 aromatic heterocycles. The normalized spacial score (nSPS) is 11.3. The topological polar surface area (TPSA) is 51.2 Å². The molecule has 0 aliphatic heterocycles. The quantitative estimate of drug-likeness (QED) is 0.701. The molecule has 124 valence electrons. The van der Waals surface area contributed by atoms with Gasteiger partial charge in [0.1, 0.15) is 15.6 Å². The molecule has 4 nitrogen and oxygen atoms in total. The summed E-state index contributed by atoms with van der Waals surface area (Å²) >= 11 is 2.71. The minimum atomic E-state index is -4.78. The van der Waals surface area contributed by atoms with E-state index in [0.717, 1.165) is 17.0 Å². The fourth-order valence-electron chi connectivity index (χ4n) is 1.86. The molecule has 0 radical (unpaired) electrons. The van der Waals surface area contributed by atoms with Crippen LogP contribution < -0.4 is 10.1 Å². The molecule has 0 unspecified atom stereocenters. The van der Waals surface area contributed by atoms with Crippen LogP contribution in [-0.2, 0) is 0 Å². The number of carbonyl (C=O) groups is 1. The van der Waals surface area contributed by atoms with Crippen LogP contribution in [-0.4, -0.2) is 17.3 Å². The third kappa shape index (κ3) is 4.12. The van der Waals surface area contributed by atoms with Crippen molar-refractivity contribution in [3.05, 3.63) is 52.9 Å². The Labute approximate surface area is 142 Å². The Bertz CT molecular complexity index is 845. The maximum atomic E-state index is 12.2. The average molecular weight is 370 g/mol. The van der Waals surface area contributed by atoms with Crippen molar-refractivity contribution >= 4 is 34.3 Å². The molecule has 3 rings (SSSR count). The largest absolute Gasteiger partial charge is 0.573 e. The fourth-order valence-corrected chi connectivity index (χ4v) is 3.47. The molecular formula is C15H9F3N2O2S2. The number of hydrogen-bond acceptors (Lipinski definition) is 5. The average Bonchev–Trinajstić information content (AvgIpc) is 3.17. The molecule has 0 aliphatic carbocycles. The minimum absolute atomic E-state index is 0.202. The number of thiophene rings is 1. The smallest absolute Gasteiger partial charge is 0.406 e. The number of ether oxygens (including phenoxy) is 1. The van der Waals surface area contributed by atoms with Crippen molar-refractivity contribution in [2.24, 2.45) is 0 Å². The zero-order valence-electron chi connectivity index (χ0n) is 11.8. The van der Waals surface area contributed by atoms with Gasteiger partial charge in [-0.1, -0.05) is 12.1 Å². The van der Waals surface area contributed by atoms with Gasteiger partial charge in [-0.15, -0.1) is 35.8 Å². The second-order valence-corrected chi connectivity index (χ2v) is 6.52. The zero-order chi connectivity index (χ0) is 17.2. The Morgan fingerprint density at radius 3 is 2.75 bits per heavy atom. The van der Waals surface area contributed by atoms with Crippen LogP contribution in [0.25, 0.3) is 9.88 Å². The van der Waals surface area contributed by atoms with Crippen LogP contribution >= 0.6 is 22.7 Å². The van der Waals surface area contributed by atoms with Crippen molar-refractivity contribution < 1.29 is 22.7 Å². The van der Waals surface area contributed by atoms with Gasteiger partial charge in [0.25, 0.3) is 5.91 Å². The number of alkyl halides is 3. The van der Waals surface area contributed by atoms with Gasteiger partial charge in [0.2, 0.25) is 0 Å². The summed E-state index contributed by atoms with van der Waals surface area (Å²) in [6.45, 7) is 0. The number of nitrogens with one attached hydrogen (secondary N) is 1. The van der Waals surface area contributed by atoms with E-state index in [1.54, 1.807) is 0 Å². The SMILES string of the molecule is O=C(Nc1cccc(OC(F)(F)F)c1)c1cnc(-c2cccs2)s1. The molecule has 0 bridgehead atoms. The molecule has 1 N–H and O–H groups in total. The lowest BCUT2D eigenvalue weighted by molar-refractivity contribution is -0.274. The molecule has 2 heterocycles. The van der Waals surface area contributed by atoms with Crippen molar-refractivity contribution in [1.29, 1.82) is 0 Å². The molecule has 0 spiro atoms. The Kier molecular flexibility index (Phi) is 4.54. The van der Waals surface area contributed by atoms with Gasteiger partial charge < -0.3 is 10.1 Å². The van der Waals surface area contributed by atoms with Gasteiger partial charge in [-0.05, 0) is 23.6 Å². The number of benzene rings is 1. The van der Waals surface area contributed by atoms with E-state index in [1.165, 1.54) is 41.0 Å². The maximum Gasteiger partial charge on any atom is 0.573 e. The summed E-state index contributed by atoms with van der Waals surface area (Å²) in [6, 6.07) is 8.87. The molecule has 1 aromatic carbocycles. The standard InChI is InChI=1S/C15H9F3N2O2S2/c16-15(17,18)22-10-4-1-3-9(7-10)20-13(21)12-8-19-14(24-12)11-5-2-6-23-11/h1-8H,(H,20,21). The van der Waals surface area contributed by atoms with Crippen molar-refractivity contribution in [3.8, 4) is 15.6 Å². The van der Waals surface area contributed by atoms with Crippen molar-refractivity contribution in [2.45, 2.75) is 6.36 Å². The first kappa shape index (κ1) is 16.5. The molecule has 1 amide bonds. The molecule has 0 fully saturated rings. The number of hydrogen-bond donors (Lipinski definition) is 1. The number of carbonyl (C=O) groups excluding carboxylic acids is 1. The minimum Gasteiger partial charge on any atom is -0.406 e. The lowest BCUT2D eigenvalue weighted by Gasteiger charge is -2.10. The van der Waals surface area contributed by atoms with E-state index in [1.807, 2.05) is 17.5 Å². The fraction of sp³-hybridized carbons (Fsp3) is 0.0667. The van der Waals surface area contributed by atoms with Gasteiger partial charge in [0.05, 0.1) is 11.1 Å². The summed E-state index contributed by atoms with van der Waals surface area (Å²) in [5.41, 5.74) is 0.202. The first-order chi connectivity index (χ1) is 11.4. The van der Waals surface area contributed by atoms with Crippen LogP contribution in [0.3, 0.4) is 0 Å². The van der Waals surface area contributed by atoms with Gasteiger partial charge in [-0.3, -0.25) is 4.79 Å². The number of anilines is 1. The predicted molar refractivity (Wildman–Crippen MR) is 86.5 cm³/mol. The highest BCUT2D eigenvalue weighted by Crippen LogP contribution is 2.30. The van der Waals surface area contributed by atoms with Gasteiger partial charge >= 0.3 is 6.36 Å². The summed E-state index contributed by atoms with van der Waals surface area (Å²) in [5.74, 6) is -0.844. The summed E-state index contributed by atoms with van der Waals surface area (Å²) in [4.78, 5) is 17.7. The van der Waals surface area contributed by atoms with Crippen LogP contribution in [0.5, 0.6) is 5.75 Å². The number of halogens is 3. The van der Waals surface area contributed by atoms with Crippen LogP contribution in [0.2, 0.25) is 0 Å². The Balaban J connectivity index is 1.72. The second-order valence-electron chi connectivity index (χ2n) is 4.54. The second kappa shape index (κ2) is 6.62. The molecule has 0 atom stereocenters. The van der Waals surface area contributed by atoms with E-state index in [9.17, 15) is 18.0 Å². The predicted octanol–water partition coefficient (Wildman–Crippen LogP) is 5.02. The highest BCUT2D eigenvalue weighted by Gasteiger charge is 2.31. The van der Waals surface area contributed by atoms with E-state index in [4.69, 9.17) is 0 Å². The van der Waals surface area contributed by atoms with Crippen LogP contribution in [0.1, 0.15) is 9.67 Å². The van der Waals surface area contributed by atoms with Crippen LogP contribution in [0.4, 0.5) is 18.9 Å². The van der Waals surface area contributed by atoms with Crippen LogP contribution in [0.15, 0.2) is 48.0 Å². The third-order valence-corrected chi connectivity index (χ3v) is 4.82. The molecule has 9 heteroatoms. The van der Waals surface area contributed by atoms with Crippen LogP contribution in [0, 0.1) is 0 Å². The number of rotatable bonds is 4. The summed E-state index contributed by atoms with van der Waals surface area (Å²) in [5, 5.41) is 5.15. The summed E-state index contributed by atoms with van der Waals surface area (Å²) in [7, 11) is 0. The first-order valence-electron chi connectivity index (χ1n) is 6.57. The van der Waals surface area contributed by atoms with Crippen molar-refractivity contribution in [1.82, 2.24) is 4.98 Å². The Hall–Kier alpha value is -2.39. The van der Waals surface area contributed by atoms with E-state index < -0.39 is 18.0 Å². The van der Waals surface area contributed by atoms with E-state index in [0.29, 0.717) is 9.88 Å². The van der Waals surface area contributed by atoms with Crippen molar-refractivity contribution in [3.63, 3.8) is 0 Å². The highest BCUT2D eigenvalue weighted by atomic mass is 32.1. The first-order valence-corrected chi connectivity index (χ1v) is 8.27. The Morgan fingerprint density at radius 2 is 2.04 bits per heavy atom. The third-order valence-electron chi connectivity index (χ3n) is 2.79. The lowest BCUT2D eigenvalue weighted by Crippen LogP contribution is -2.17. The molecule has 0 saturated carbocycles. The number of thiazole rings is 1. The Morgan fingerprint density at radius 1 is 1.21 bits per heavy atom. The molecule has 0 aliphatic rings. The van der Waals surface area contributed by atoms with E-state index in [2.05, 4.69) is 15.0 Å². The molecule has 0 saturated heterocycles. The lowest BCUT2D eigenvalue weighted by atomic mass is 10.3. The number of amides is 1. The molecule has 24 heavy (non-hydrogen) atoms.